The predicted octanol–water partition coefficient (Wildman–Crippen LogP) is -5.59. The van der Waals surface area contributed by atoms with Crippen molar-refractivity contribution in [2.45, 2.75) is 146 Å². The number of hydrogen-bond donors (Lipinski definition) is 16. The molecule has 0 fully saturated rings. The second-order valence-electron chi connectivity index (χ2n) is 17.0. The molecule has 1 aromatic rings. The number of carbonyl (C=O) groups excluding carboxylic acids is 11. The van der Waals surface area contributed by atoms with E-state index >= 15 is 0 Å². The molecule has 0 unspecified atom stereocenters. The Balaban J connectivity index is 3.39. The van der Waals surface area contributed by atoms with Gasteiger partial charge in [-0.2, -0.15) is 0 Å². The van der Waals surface area contributed by atoms with Crippen LogP contribution in [0.1, 0.15) is 102 Å². The molecule has 28 nitrogen and oxygen atoms in total. The number of primary amides is 3. The lowest BCUT2D eigenvalue weighted by Gasteiger charge is -2.26. The third-order valence-electron chi connectivity index (χ3n) is 10.8. The number of benzene rings is 1. The molecule has 7 atom stereocenters. The van der Waals surface area contributed by atoms with Gasteiger partial charge in [0.25, 0.3) is 0 Å². The summed E-state index contributed by atoms with van der Waals surface area (Å²) in [5, 5.41) is 57.2. The van der Waals surface area contributed by atoms with E-state index in [9.17, 15) is 78.0 Å². The standard InChI is InChI=1S/C45H72N12O16/c1-2-3-4-5-6-7-8-9-10-11-16-50-39(66)30(55-42(69)29(19-35(48)62)54-44(71)33(24-59)57-41(68)28(18-34(47)61)51-38(65)22-46)21-37(64)52-32(23-58)43(70)53-27(17-25-12-14-26(60)15-13-25)40(67)56-31(45(72)73)20-36(49)63/h12-15,27-33,58-60H,2-11,16-24,46H2,1H3,(H2,47,61)(H2,48,62)(H2,49,63)(H,50,66)(H,51,65)(H,52,64)(H,53,70)(H,54,71)(H,55,69)(H,56,67)(H,57,68)(H,72,73)/t27-,28+,29+,30+,31-,32-,33+/m1/s1. The molecule has 0 aliphatic heterocycles. The average molecular weight is 1040 g/mol. The minimum absolute atomic E-state index is 0.0689. The average Bonchev–Trinajstić information content (AvgIpc) is 3.32. The predicted molar refractivity (Wildman–Crippen MR) is 257 cm³/mol. The normalized spacial score (nSPS) is 13.7. The number of aromatic hydroxyl groups is 1. The van der Waals surface area contributed by atoms with Gasteiger partial charge in [0.05, 0.1) is 45.4 Å². The van der Waals surface area contributed by atoms with Crippen LogP contribution in [0.3, 0.4) is 0 Å². The smallest absolute Gasteiger partial charge is 0.326 e. The molecule has 408 valence electrons. The van der Waals surface area contributed by atoms with Gasteiger partial charge in [-0.1, -0.05) is 76.8 Å². The Morgan fingerprint density at radius 1 is 0.466 bits per heavy atom. The number of aliphatic carboxylic acids is 1. The lowest BCUT2D eigenvalue weighted by molar-refractivity contribution is -0.143. The molecule has 0 aromatic heterocycles. The van der Waals surface area contributed by atoms with Gasteiger partial charge in [-0.3, -0.25) is 52.7 Å². The van der Waals surface area contributed by atoms with Gasteiger partial charge in [0.2, 0.25) is 65.0 Å². The van der Waals surface area contributed by atoms with Crippen LogP contribution in [-0.4, -0.2) is 160 Å². The summed E-state index contributed by atoms with van der Waals surface area (Å²) in [6.07, 6.45) is 5.94. The number of unbranched alkanes of at least 4 members (excludes halogenated alkanes) is 9. The number of amides is 11. The number of carboxylic acid groups (broad SMARTS) is 1. The SMILES string of the molecule is CCCCCCCCCCCCNC(=O)[C@H](CC(=O)N[C@H](CO)C(=O)N[C@H](Cc1ccc(O)cc1)C(=O)N[C@H](CC(N)=O)C(=O)O)NC(=O)[C@H](CC(N)=O)NC(=O)[C@H](CO)NC(=O)[C@H](CC(N)=O)NC(=O)CN. The van der Waals surface area contributed by atoms with E-state index < -0.39 is 159 Å². The summed E-state index contributed by atoms with van der Waals surface area (Å²) in [5.41, 5.74) is 21.2. The lowest BCUT2D eigenvalue weighted by Crippen LogP contribution is -2.60. The number of aliphatic hydroxyl groups excluding tert-OH is 2. The molecule has 0 spiro atoms. The van der Waals surface area contributed by atoms with Gasteiger partial charge in [0, 0.05) is 13.0 Å². The molecule has 73 heavy (non-hydrogen) atoms. The van der Waals surface area contributed by atoms with Crippen LogP contribution >= 0.6 is 0 Å². The summed E-state index contributed by atoms with van der Waals surface area (Å²) in [4.78, 5) is 153. The zero-order valence-corrected chi connectivity index (χ0v) is 40.8. The van der Waals surface area contributed by atoms with E-state index in [1.54, 1.807) is 0 Å². The van der Waals surface area contributed by atoms with E-state index in [2.05, 4.69) is 49.5 Å². The largest absolute Gasteiger partial charge is 0.508 e. The van der Waals surface area contributed by atoms with Gasteiger partial charge < -0.3 is 85.9 Å². The number of rotatable bonds is 38. The molecular weight excluding hydrogens is 965 g/mol. The Morgan fingerprint density at radius 2 is 0.836 bits per heavy atom. The quantitative estimate of drug-likeness (QED) is 0.0275. The van der Waals surface area contributed by atoms with Gasteiger partial charge in [-0.15, -0.1) is 0 Å². The topological polar surface area (TPSA) is 486 Å². The van der Waals surface area contributed by atoms with Crippen molar-refractivity contribution in [3.63, 3.8) is 0 Å². The highest BCUT2D eigenvalue weighted by Crippen LogP contribution is 2.13. The number of nitrogens with one attached hydrogen (secondary N) is 8. The lowest BCUT2D eigenvalue weighted by atomic mass is 10.0. The van der Waals surface area contributed by atoms with Crippen LogP contribution in [0.15, 0.2) is 24.3 Å². The van der Waals surface area contributed by atoms with Gasteiger partial charge in [-0.05, 0) is 24.1 Å². The Morgan fingerprint density at radius 3 is 1.30 bits per heavy atom. The number of aliphatic hydroxyl groups is 2. The zero-order chi connectivity index (χ0) is 55.0. The molecule has 1 aromatic carbocycles. The number of carbonyl (C=O) groups is 12. The molecule has 0 bridgehead atoms. The third-order valence-corrected chi connectivity index (χ3v) is 10.8. The summed E-state index contributed by atoms with van der Waals surface area (Å²) in [6.45, 7) is -0.659. The Kier molecular flexibility index (Phi) is 30.3. The summed E-state index contributed by atoms with van der Waals surface area (Å²) in [7, 11) is 0. The molecule has 0 aliphatic rings. The maximum Gasteiger partial charge on any atom is 0.326 e. The summed E-state index contributed by atoms with van der Waals surface area (Å²) in [5.74, 6) is -14.2. The van der Waals surface area contributed by atoms with Crippen molar-refractivity contribution in [3.05, 3.63) is 29.8 Å². The molecule has 0 radical (unpaired) electrons. The first-order chi connectivity index (χ1) is 34.5. The van der Waals surface area contributed by atoms with E-state index in [-0.39, 0.29) is 18.7 Å². The second-order valence-corrected chi connectivity index (χ2v) is 17.0. The number of hydrogen-bond acceptors (Lipinski definition) is 16. The van der Waals surface area contributed by atoms with Crippen molar-refractivity contribution in [2.24, 2.45) is 22.9 Å². The van der Waals surface area contributed by atoms with Crippen LogP contribution in [0.5, 0.6) is 5.75 Å². The van der Waals surface area contributed by atoms with Crippen LogP contribution in [0.25, 0.3) is 0 Å². The van der Waals surface area contributed by atoms with E-state index in [0.29, 0.717) is 18.4 Å². The Labute approximate surface area is 421 Å². The number of phenols is 1. The van der Waals surface area contributed by atoms with Crippen LogP contribution in [0.4, 0.5) is 0 Å². The summed E-state index contributed by atoms with van der Waals surface area (Å²) >= 11 is 0. The highest BCUT2D eigenvalue weighted by Gasteiger charge is 2.35. The molecule has 28 heteroatoms. The summed E-state index contributed by atoms with van der Waals surface area (Å²) in [6, 6.07) is -7.37. The number of phenolic OH excluding ortho intramolecular Hbond substituents is 1. The number of carboxylic acids is 1. The monoisotopic (exact) mass is 1040 g/mol. The van der Waals surface area contributed by atoms with Crippen LogP contribution in [0, 0.1) is 0 Å². The molecule has 1 rings (SSSR count). The van der Waals surface area contributed by atoms with Crippen molar-refractivity contribution in [1.82, 2.24) is 42.5 Å². The first-order valence-corrected chi connectivity index (χ1v) is 23.7. The minimum Gasteiger partial charge on any atom is -0.508 e. The number of nitrogens with two attached hydrogens (primary N) is 4. The zero-order valence-electron chi connectivity index (χ0n) is 40.8. The van der Waals surface area contributed by atoms with E-state index in [4.69, 9.17) is 22.9 Å². The molecule has 20 N–H and O–H groups in total. The van der Waals surface area contributed by atoms with Crippen LogP contribution in [-0.2, 0) is 64.0 Å². The maximum absolute atomic E-state index is 13.8. The Bertz CT molecular complexity index is 2040. The highest BCUT2D eigenvalue weighted by atomic mass is 16.4. The fraction of sp³-hybridized carbons (Fsp3) is 0.600. The molecular formula is C45H72N12O16. The van der Waals surface area contributed by atoms with Crippen molar-refractivity contribution >= 4 is 70.9 Å². The van der Waals surface area contributed by atoms with Crippen molar-refractivity contribution in [2.75, 3.05) is 26.3 Å². The first kappa shape index (κ1) is 63.6. The van der Waals surface area contributed by atoms with Crippen molar-refractivity contribution in [3.8, 4) is 5.75 Å². The maximum atomic E-state index is 13.8. The van der Waals surface area contributed by atoms with Crippen molar-refractivity contribution < 1.29 is 78.0 Å². The molecule has 0 heterocycles. The fourth-order valence-corrected chi connectivity index (χ4v) is 6.90. The van der Waals surface area contributed by atoms with E-state index in [1.807, 2.05) is 0 Å². The van der Waals surface area contributed by atoms with Gasteiger partial charge in [0.1, 0.15) is 48.0 Å². The van der Waals surface area contributed by atoms with Crippen molar-refractivity contribution in [1.29, 1.82) is 0 Å². The molecule has 11 amide bonds. The minimum atomic E-state index is -1.94. The summed E-state index contributed by atoms with van der Waals surface area (Å²) < 4.78 is 0. The van der Waals surface area contributed by atoms with Crippen LogP contribution < -0.4 is 65.5 Å². The second kappa shape index (κ2) is 34.8. The first-order valence-electron chi connectivity index (χ1n) is 23.7. The molecule has 0 saturated heterocycles. The van der Waals surface area contributed by atoms with Gasteiger partial charge in [0.15, 0.2) is 0 Å². The van der Waals surface area contributed by atoms with Crippen LogP contribution in [0.2, 0.25) is 0 Å². The molecule has 0 aliphatic carbocycles. The highest BCUT2D eigenvalue weighted by molar-refractivity contribution is 6.00. The van der Waals surface area contributed by atoms with Gasteiger partial charge >= 0.3 is 5.97 Å². The van der Waals surface area contributed by atoms with E-state index in [0.717, 1.165) is 38.5 Å². The fourth-order valence-electron chi connectivity index (χ4n) is 6.90. The Hall–Kier alpha value is -7.46. The van der Waals surface area contributed by atoms with Gasteiger partial charge in [-0.25, -0.2) is 4.79 Å². The van der Waals surface area contributed by atoms with E-state index in [1.165, 1.54) is 37.1 Å². The third kappa shape index (κ3) is 26.5. The molecule has 0 saturated carbocycles.